The molecule has 2 N–H and O–H groups in total. The first-order valence-corrected chi connectivity index (χ1v) is 8.95. The van der Waals surface area contributed by atoms with Gasteiger partial charge in [-0.3, -0.25) is 29.3 Å². The minimum atomic E-state index is -0.731. The normalized spacial score (nSPS) is 10.0. The SMILES string of the molecule is CCOC(=O)CCNC(=O)c1cc(C(=O)NCCC(=O)OCC)cc([N+](=O)[O-])c1. The summed E-state index contributed by atoms with van der Waals surface area (Å²) in [5.41, 5.74) is -0.671. The van der Waals surface area contributed by atoms with Crippen molar-refractivity contribution in [2.24, 2.45) is 0 Å². The molecule has 1 rings (SSSR count). The van der Waals surface area contributed by atoms with E-state index in [0.29, 0.717) is 0 Å². The molecule has 0 aliphatic rings. The molecular weight excluding hydrogens is 386 g/mol. The lowest BCUT2D eigenvalue weighted by molar-refractivity contribution is -0.384. The largest absolute Gasteiger partial charge is 0.466 e. The topological polar surface area (TPSA) is 154 Å². The molecule has 0 atom stereocenters. The van der Waals surface area contributed by atoms with Crippen LogP contribution in [0.2, 0.25) is 0 Å². The van der Waals surface area contributed by atoms with Crippen molar-refractivity contribution in [2.75, 3.05) is 26.3 Å². The molecule has 11 nitrogen and oxygen atoms in total. The van der Waals surface area contributed by atoms with E-state index in [1.165, 1.54) is 6.07 Å². The number of non-ortho nitro benzene ring substituents is 1. The van der Waals surface area contributed by atoms with Crippen LogP contribution in [-0.2, 0) is 19.1 Å². The number of nitrogens with zero attached hydrogens (tertiary/aromatic N) is 1. The van der Waals surface area contributed by atoms with Gasteiger partial charge in [-0.25, -0.2) is 0 Å². The number of benzene rings is 1. The molecule has 0 saturated heterocycles. The van der Waals surface area contributed by atoms with E-state index < -0.39 is 34.4 Å². The second-order valence-corrected chi connectivity index (χ2v) is 5.65. The molecule has 0 heterocycles. The number of hydrogen-bond acceptors (Lipinski definition) is 8. The summed E-state index contributed by atoms with van der Waals surface area (Å²) in [5, 5.41) is 16.0. The highest BCUT2D eigenvalue weighted by Crippen LogP contribution is 2.17. The molecule has 0 unspecified atom stereocenters. The van der Waals surface area contributed by atoms with Gasteiger partial charge in [-0.2, -0.15) is 0 Å². The summed E-state index contributed by atoms with van der Waals surface area (Å²) >= 11 is 0. The Bertz CT molecular complexity index is 724. The molecule has 0 radical (unpaired) electrons. The van der Waals surface area contributed by atoms with E-state index in [1.54, 1.807) is 13.8 Å². The highest BCUT2D eigenvalue weighted by atomic mass is 16.6. The fourth-order valence-corrected chi connectivity index (χ4v) is 2.21. The zero-order valence-corrected chi connectivity index (χ0v) is 16.2. The third kappa shape index (κ3) is 8.37. The van der Waals surface area contributed by atoms with Crippen molar-refractivity contribution < 1.29 is 33.6 Å². The molecule has 1 aromatic carbocycles. The smallest absolute Gasteiger partial charge is 0.307 e. The molecule has 2 amide bonds. The second-order valence-electron chi connectivity index (χ2n) is 5.65. The summed E-state index contributed by atoms with van der Waals surface area (Å²) in [4.78, 5) is 57.4. The summed E-state index contributed by atoms with van der Waals surface area (Å²) in [7, 11) is 0. The van der Waals surface area contributed by atoms with Gasteiger partial charge in [0.2, 0.25) is 0 Å². The Hall–Kier alpha value is -3.50. The van der Waals surface area contributed by atoms with E-state index in [2.05, 4.69) is 10.6 Å². The van der Waals surface area contributed by atoms with Crippen molar-refractivity contribution in [3.63, 3.8) is 0 Å². The molecule has 0 aliphatic carbocycles. The third-order valence-electron chi connectivity index (χ3n) is 3.49. The number of esters is 2. The van der Waals surface area contributed by atoms with Crippen molar-refractivity contribution in [3.8, 4) is 0 Å². The van der Waals surface area contributed by atoms with Crippen LogP contribution in [0.1, 0.15) is 47.4 Å². The van der Waals surface area contributed by atoms with Gasteiger partial charge in [0.1, 0.15) is 0 Å². The van der Waals surface area contributed by atoms with Gasteiger partial charge in [0.15, 0.2) is 0 Å². The van der Waals surface area contributed by atoms with Crippen LogP contribution in [0, 0.1) is 10.1 Å². The van der Waals surface area contributed by atoms with E-state index in [4.69, 9.17) is 9.47 Å². The molecule has 0 fully saturated rings. The maximum atomic E-state index is 12.2. The summed E-state index contributed by atoms with van der Waals surface area (Å²) in [6.45, 7) is 3.68. The maximum absolute atomic E-state index is 12.2. The average Bonchev–Trinajstić information content (AvgIpc) is 2.67. The molecule has 0 saturated carbocycles. The lowest BCUT2D eigenvalue weighted by Gasteiger charge is -2.08. The average molecular weight is 409 g/mol. The van der Waals surface area contributed by atoms with Crippen LogP contribution in [0.4, 0.5) is 5.69 Å². The van der Waals surface area contributed by atoms with Gasteiger partial charge < -0.3 is 20.1 Å². The number of hydrogen-bond donors (Lipinski definition) is 2. The number of ether oxygens (including phenoxy) is 2. The fraction of sp³-hybridized carbons (Fsp3) is 0.444. The molecule has 29 heavy (non-hydrogen) atoms. The summed E-state index contributed by atoms with van der Waals surface area (Å²) < 4.78 is 9.47. The van der Waals surface area contributed by atoms with Gasteiger partial charge in [-0.15, -0.1) is 0 Å². The molecular formula is C18H23N3O8. The predicted octanol–water partition coefficient (Wildman–Crippen LogP) is 0.961. The number of carbonyl (C=O) groups is 4. The Balaban J connectivity index is 2.81. The van der Waals surface area contributed by atoms with Crippen molar-refractivity contribution in [1.29, 1.82) is 0 Å². The molecule has 0 aromatic heterocycles. The van der Waals surface area contributed by atoms with Gasteiger partial charge in [0, 0.05) is 36.3 Å². The first-order chi connectivity index (χ1) is 13.8. The van der Waals surface area contributed by atoms with E-state index in [0.717, 1.165) is 12.1 Å². The summed E-state index contributed by atoms with van der Waals surface area (Å²) in [5.74, 6) is -2.35. The van der Waals surface area contributed by atoms with Crippen molar-refractivity contribution >= 4 is 29.4 Å². The van der Waals surface area contributed by atoms with Crippen LogP contribution >= 0.6 is 0 Å². The highest BCUT2D eigenvalue weighted by molar-refractivity contribution is 6.00. The van der Waals surface area contributed by atoms with Crippen LogP contribution in [0.25, 0.3) is 0 Å². The molecule has 0 bridgehead atoms. The van der Waals surface area contributed by atoms with E-state index >= 15 is 0 Å². The quantitative estimate of drug-likeness (QED) is 0.311. The minimum Gasteiger partial charge on any atom is -0.466 e. The monoisotopic (exact) mass is 409 g/mol. The van der Waals surface area contributed by atoms with Crippen LogP contribution in [0.5, 0.6) is 0 Å². The Kier molecular flexibility index (Phi) is 9.79. The first-order valence-electron chi connectivity index (χ1n) is 8.95. The molecule has 0 spiro atoms. The Morgan fingerprint density at radius 3 is 1.62 bits per heavy atom. The van der Waals surface area contributed by atoms with Crippen molar-refractivity contribution in [3.05, 3.63) is 39.4 Å². The van der Waals surface area contributed by atoms with Crippen LogP contribution < -0.4 is 10.6 Å². The molecule has 158 valence electrons. The van der Waals surface area contributed by atoms with Gasteiger partial charge >= 0.3 is 11.9 Å². The number of carbonyl (C=O) groups excluding carboxylic acids is 4. The van der Waals surface area contributed by atoms with Crippen LogP contribution in [-0.4, -0.2) is 55.0 Å². The Labute approximate surface area is 166 Å². The molecule has 0 aliphatic heterocycles. The Morgan fingerprint density at radius 1 is 0.862 bits per heavy atom. The lowest BCUT2D eigenvalue weighted by Crippen LogP contribution is -2.28. The zero-order chi connectivity index (χ0) is 21.8. The number of nitrogens with one attached hydrogen (secondary N) is 2. The number of rotatable bonds is 11. The van der Waals surface area contributed by atoms with Gasteiger partial charge in [-0.05, 0) is 19.9 Å². The van der Waals surface area contributed by atoms with Gasteiger partial charge in [-0.1, -0.05) is 0 Å². The fourth-order valence-electron chi connectivity index (χ4n) is 2.21. The van der Waals surface area contributed by atoms with Crippen molar-refractivity contribution in [2.45, 2.75) is 26.7 Å². The van der Waals surface area contributed by atoms with Gasteiger partial charge in [0.25, 0.3) is 17.5 Å². The number of nitro groups is 1. The third-order valence-corrected chi connectivity index (χ3v) is 3.49. The summed E-state index contributed by atoms with van der Waals surface area (Å²) in [6.07, 6.45) is -0.120. The minimum absolute atomic E-state index is 0.0264. The second kappa shape index (κ2) is 12.1. The summed E-state index contributed by atoms with van der Waals surface area (Å²) in [6, 6.07) is 3.23. The van der Waals surface area contributed by atoms with E-state index in [1.807, 2.05) is 0 Å². The van der Waals surface area contributed by atoms with Crippen LogP contribution in [0.15, 0.2) is 18.2 Å². The number of amides is 2. The molecule has 1 aromatic rings. The Morgan fingerprint density at radius 2 is 1.28 bits per heavy atom. The predicted molar refractivity (Wildman–Crippen MR) is 100 cm³/mol. The lowest BCUT2D eigenvalue weighted by atomic mass is 10.1. The zero-order valence-electron chi connectivity index (χ0n) is 16.2. The van der Waals surface area contributed by atoms with E-state index in [9.17, 15) is 29.3 Å². The maximum Gasteiger partial charge on any atom is 0.307 e. The van der Waals surface area contributed by atoms with Gasteiger partial charge in [0.05, 0.1) is 31.0 Å². The number of nitro benzene ring substituents is 1. The van der Waals surface area contributed by atoms with Crippen molar-refractivity contribution in [1.82, 2.24) is 10.6 Å². The van der Waals surface area contributed by atoms with Crippen LogP contribution in [0.3, 0.4) is 0 Å². The van der Waals surface area contributed by atoms with E-state index in [-0.39, 0.29) is 50.3 Å². The molecule has 11 heteroatoms. The highest BCUT2D eigenvalue weighted by Gasteiger charge is 2.18. The standard InChI is InChI=1S/C18H23N3O8/c1-3-28-15(22)5-7-19-17(24)12-9-13(11-14(10-12)21(26)27)18(25)20-8-6-16(23)29-4-2/h9-11H,3-8H2,1-2H3,(H,19,24)(H,20,25). The first kappa shape index (κ1) is 23.5.